The van der Waals surface area contributed by atoms with Crippen LogP contribution >= 0.6 is 35.3 Å². The highest BCUT2D eigenvalue weighted by molar-refractivity contribution is 8.14. The molecule has 6 aromatic rings. The smallest absolute Gasteiger partial charge is 0.240 e. The first-order valence-corrected chi connectivity index (χ1v) is 26.1. The van der Waals surface area contributed by atoms with Crippen LogP contribution in [0, 0.1) is 34.9 Å². The van der Waals surface area contributed by atoms with Crippen molar-refractivity contribution < 1.29 is 84.8 Å². The molecule has 6 amide bonds. The summed E-state index contributed by atoms with van der Waals surface area (Å²) in [5.41, 5.74) is 16.1. The number of halogens is 6. The predicted molar refractivity (Wildman–Crippen MR) is 291 cm³/mol. The Kier molecular flexibility index (Phi) is 23.9. The number of benzene rings is 6. The van der Waals surface area contributed by atoms with E-state index in [2.05, 4.69) is 16.0 Å². The number of nitrogens with one attached hydrogen (secondary N) is 3. The Morgan fingerprint density at radius 1 is 0.395 bits per heavy atom. The van der Waals surface area contributed by atoms with Gasteiger partial charge in [0, 0.05) is 72.9 Å². The van der Waals surface area contributed by atoms with E-state index in [1.54, 1.807) is 0 Å². The monoisotopic (exact) mass is 1180 g/mol. The van der Waals surface area contributed by atoms with Gasteiger partial charge in [0.15, 0.2) is 0 Å². The Balaban J connectivity index is 0.000000261. The third-order valence-corrected chi connectivity index (χ3v) is 13.6. The van der Waals surface area contributed by atoms with Crippen LogP contribution in [0.25, 0.3) is 33.4 Å². The van der Waals surface area contributed by atoms with Gasteiger partial charge in [-0.15, -0.1) is 0 Å². The van der Waals surface area contributed by atoms with Crippen LogP contribution in [0.4, 0.5) is 26.3 Å². The fourth-order valence-electron chi connectivity index (χ4n) is 6.80. The first-order valence-electron chi connectivity index (χ1n) is 23.1. The lowest BCUT2D eigenvalue weighted by atomic mass is 10.0. The maximum atomic E-state index is 13.9. The molecule has 0 heterocycles. The lowest BCUT2D eigenvalue weighted by Crippen LogP contribution is -2.45. The molecule has 0 saturated heterocycles. The Hall–Kier alpha value is -8.82. The number of amides is 6. The molecule has 0 radical (unpaired) electrons. The number of hydrogen-bond donors (Lipinski definition) is 9. The number of carbonyl (C=O) groups excluding carboxylic acids is 9. The van der Waals surface area contributed by atoms with Crippen molar-refractivity contribution in [2.24, 2.45) is 17.2 Å². The minimum absolute atomic E-state index is 0.0590. The van der Waals surface area contributed by atoms with Crippen LogP contribution in [0.15, 0.2) is 109 Å². The number of rotatable bonds is 18. The number of hydrogen-bond acceptors (Lipinski definition) is 15. The lowest BCUT2D eigenvalue weighted by molar-refractivity contribution is -0.125. The highest BCUT2D eigenvalue weighted by atomic mass is 32.2. The van der Waals surface area contributed by atoms with Gasteiger partial charge in [-0.05, 0) is 89.5 Å². The Morgan fingerprint density at radius 3 is 0.827 bits per heavy atom. The first-order chi connectivity index (χ1) is 38.1. The van der Waals surface area contributed by atoms with Crippen LogP contribution in [0.5, 0.6) is 17.2 Å². The second-order valence-electron chi connectivity index (χ2n) is 16.8. The third kappa shape index (κ3) is 19.5. The summed E-state index contributed by atoms with van der Waals surface area (Å²) in [6, 6.07) is 17.4. The normalized spacial score (nSPS) is 11.7. The van der Waals surface area contributed by atoms with E-state index < -0.39 is 104 Å². The minimum Gasteiger partial charge on any atom is -0.507 e. The lowest BCUT2D eigenvalue weighted by Gasteiger charge is -2.13. The number of phenolic OH excluding ortho intramolecular Hbond substituents is 3. The van der Waals surface area contributed by atoms with E-state index in [0.29, 0.717) is 53.5 Å². The number of nitrogens with two attached hydrogens (primary N) is 3. The molecule has 81 heavy (non-hydrogen) atoms. The molecular formula is C54H48F6N6O12S3. The Morgan fingerprint density at radius 2 is 0.630 bits per heavy atom. The van der Waals surface area contributed by atoms with Crippen LogP contribution in [0.2, 0.25) is 0 Å². The average Bonchev–Trinajstić information content (AvgIpc) is 3.44. The fraction of sp³-hybridized carbons (Fsp3) is 0.167. The van der Waals surface area contributed by atoms with Crippen LogP contribution < -0.4 is 33.2 Å². The number of aromatic hydroxyl groups is 3. The van der Waals surface area contributed by atoms with Crippen molar-refractivity contribution in [3.8, 4) is 50.6 Å². The third-order valence-electron chi connectivity index (χ3n) is 10.7. The zero-order chi connectivity index (χ0) is 60.4. The summed E-state index contributed by atoms with van der Waals surface area (Å²) in [6.07, 6.45) is 0. The zero-order valence-electron chi connectivity index (χ0n) is 42.5. The van der Waals surface area contributed by atoms with Crippen molar-refractivity contribution in [2.75, 3.05) is 17.3 Å². The summed E-state index contributed by atoms with van der Waals surface area (Å²) in [5, 5.41) is 34.9. The van der Waals surface area contributed by atoms with Gasteiger partial charge in [-0.1, -0.05) is 53.5 Å². The van der Waals surface area contributed by atoms with Crippen molar-refractivity contribution >= 4 is 86.1 Å². The number of thioether (sulfide) groups is 3. The van der Waals surface area contributed by atoms with Crippen LogP contribution in [-0.2, 0) is 28.8 Å². The number of phenols is 3. The standard InChI is InChI=1S/3C18H16F2N2O4S/c3*1-9(23)22-15(17(21)25)8-27-18(26)13-6-10(2-5-16(13)24)12-4-3-11(19)7-14(12)20/h3*2-7,15,24H,8H2,1H3,(H2,21,25)(H,22,23)/t2*15-;/m10./s1. The largest absolute Gasteiger partial charge is 0.507 e. The minimum atomic E-state index is -1.06. The number of primary amides is 3. The van der Waals surface area contributed by atoms with Gasteiger partial charge in [-0.3, -0.25) is 43.2 Å². The van der Waals surface area contributed by atoms with Gasteiger partial charge in [0.1, 0.15) is 70.3 Å². The molecule has 0 spiro atoms. The van der Waals surface area contributed by atoms with E-state index in [4.69, 9.17) is 17.2 Å². The zero-order valence-corrected chi connectivity index (χ0v) is 44.9. The molecule has 27 heteroatoms. The highest BCUT2D eigenvalue weighted by Crippen LogP contribution is 2.34. The molecule has 0 fully saturated rings. The summed E-state index contributed by atoms with van der Waals surface area (Å²) >= 11 is 1.99. The molecule has 0 bridgehead atoms. The molecule has 6 aromatic carbocycles. The molecule has 0 aliphatic carbocycles. The molecular weight excluding hydrogens is 1130 g/mol. The second kappa shape index (κ2) is 30.0. The van der Waals surface area contributed by atoms with Crippen molar-refractivity contribution in [1.29, 1.82) is 0 Å². The van der Waals surface area contributed by atoms with Crippen LogP contribution in [0.1, 0.15) is 51.8 Å². The maximum absolute atomic E-state index is 13.9. The van der Waals surface area contributed by atoms with Crippen LogP contribution in [0.3, 0.4) is 0 Å². The fourth-order valence-corrected chi connectivity index (χ4v) is 9.46. The second-order valence-corrected chi connectivity index (χ2v) is 19.8. The molecule has 0 aromatic heterocycles. The molecule has 426 valence electrons. The first kappa shape index (κ1) is 64.7. The highest BCUT2D eigenvalue weighted by Gasteiger charge is 2.25. The van der Waals surface area contributed by atoms with Gasteiger partial charge in [-0.2, -0.15) is 0 Å². The summed E-state index contributed by atoms with van der Waals surface area (Å²) < 4.78 is 81.0. The van der Waals surface area contributed by atoms with Crippen molar-refractivity contribution in [2.45, 2.75) is 38.9 Å². The van der Waals surface area contributed by atoms with Crippen molar-refractivity contribution in [1.82, 2.24) is 16.0 Å². The quantitative estimate of drug-likeness (QED) is 0.0409. The molecule has 0 aliphatic heterocycles. The summed E-state index contributed by atoms with van der Waals surface area (Å²) in [4.78, 5) is 104. The van der Waals surface area contributed by atoms with Gasteiger partial charge < -0.3 is 48.5 Å². The van der Waals surface area contributed by atoms with Gasteiger partial charge in [0.2, 0.25) is 50.8 Å². The van der Waals surface area contributed by atoms with E-state index in [0.717, 1.165) is 18.2 Å². The topological polar surface area (TPSA) is 328 Å². The summed E-state index contributed by atoms with van der Waals surface area (Å²) in [5.74, 6) is -9.96. The SMILES string of the molecule is CC(=O)NC(CSC(=O)c1cc(-c2ccc(F)cc2F)ccc1O)C(N)=O.CC(=O)N[C@@H](CSC(=O)c1cc(-c2ccc(F)cc2F)ccc1O)C(N)=O.CC(=O)N[C@H](CSC(=O)c1cc(-c2ccc(F)cc2F)ccc1O)C(N)=O. The van der Waals surface area contributed by atoms with E-state index in [1.807, 2.05) is 0 Å². The molecule has 12 N–H and O–H groups in total. The van der Waals surface area contributed by atoms with Gasteiger partial charge in [0.05, 0.1) is 16.7 Å². The summed E-state index contributed by atoms with van der Waals surface area (Å²) in [6.45, 7) is 3.61. The molecule has 18 nitrogen and oxygen atoms in total. The van der Waals surface area contributed by atoms with Gasteiger partial charge in [0.25, 0.3) is 0 Å². The molecule has 0 saturated carbocycles. The van der Waals surface area contributed by atoms with E-state index in [-0.39, 0.29) is 84.6 Å². The maximum Gasteiger partial charge on any atom is 0.240 e. The molecule has 6 rings (SSSR count). The number of carbonyl (C=O) groups is 9. The van der Waals surface area contributed by atoms with E-state index in [9.17, 15) is 84.8 Å². The molecule has 0 aliphatic rings. The molecule has 1 unspecified atom stereocenters. The van der Waals surface area contributed by atoms with Gasteiger partial charge in [-0.25, -0.2) is 26.3 Å². The Bertz CT molecular complexity index is 3060. The predicted octanol–water partition coefficient (Wildman–Crippen LogP) is 6.60. The Labute approximate surface area is 469 Å². The molecule has 3 atom stereocenters. The van der Waals surface area contributed by atoms with Crippen LogP contribution in [-0.4, -0.2) is 101 Å². The average molecular weight is 1180 g/mol. The van der Waals surface area contributed by atoms with Gasteiger partial charge >= 0.3 is 0 Å². The van der Waals surface area contributed by atoms with E-state index >= 15 is 0 Å². The van der Waals surface area contributed by atoms with Crippen molar-refractivity contribution in [3.05, 3.63) is 161 Å². The summed E-state index contributed by atoms with van der Waals surface area (Å²) in [7, 11) is 0. The van der Waals surface area contributed by atoms with E-state index in [1.165, 1.54) is 93.6 Å². The van der Waals surface area contributed by atoms with Crippen molar-refractivity contribution in [3.63, 3.8) is 0 Å².